The molecule has 0 spiro atoms. The Morgan fingerprint density at radius 2 is 2.05 bits per heavy atom. The zero-order chi connectivity index (χ0) is 14.5. The molecule has 1 aromatic rings. The highest BCUT2D eigenvalue weighted by Crippen LogP contribution is 2.24. The minimum Gasteiger partial charge on any atom is -0.393 e. The van der Waals surface area contributed by atoms with Crippen molar-refractivity contribution in [2.75, 3.05) is 6.54 Å². The molecule has 0 aliphatic heterocycles. The van der Waals surface area contributed by atoms with E-state index in [4.69, 9.17) is 11.6 Å². The van der Waals surface area contributed by atoms with Gasteiger partial charge in [0.2, 0.25) is 0 Å². The van der Waals surface area contributed by atoms with Crippen molar-refractivity contribution in [2.45, 2.75) is 38.3 Å². The van der Waals surface area contributed by atoms with Crippen molar-refractivity contribution in [2.24, 2.45) is 5.92 Å². The van der Waals surface area contributed by atoms with Gasteiger partial charge in [-0.25, -0.2) is 0 Å². The number of hydrogen-bond acceptors (Lipinski definition) is 4. The summed E-state index contributed by atoms with van der Waals surface area (Å²) in [7, 11) is 0. The first-order valence-electron chi connectivity index (χ1n) is 6.88. The molecule has 0 bridgehead atoms. The summed E-state index contributed by atoms with van der Waals surface area (Å²) in [5, 5.41) is 23.8. The lowest BCUT2D eigenvalue weighted by atomic mass is 9.87. The largest absolute Gasteiger partial charge is 0.393 e. The molecule has 5 nitrogen and oxygen atoms in total. The Hall–Kier alpha value is -1.17. The number of aliphatic hydroxyl groups is 1. The lowest BCUT2D eigenvalue weighted by molar-refractivity contribution is -0.384. The summed E-state index contributed by atoms with van der Waals surface area (Å²) in [4.78, 5) is 10.2. The highest BCUT2D eigenvalue weighted by molar-refractivity contribution is 6.31. The van der Waals surface area contributed by atoms with Crippen LogP contribution >= 0.6 is 11.6 Å². The Morgan fingerprint density at radius 3 is 2.65 bits per heavy atom. The Bertz CT molecular complexity index is 473. The molecule has 6 heteroatoms. The molecule has 1 aliphatic carbocycles. The molecule has 0 saturated heterocycles. The molecule has 0 aromatic heterocycles. The predicted molar refractivity (Wildman–Crippen MR) is 77.8 cm³/mol. The normalized spacial score (nSPS) is 22.7. The number of nitrogens with one attached hydrogen (secondary N) is 1. The molecule has 2 N–H and O–H groups in total. The summed E-state index contributed by atoms with van der Waals surface area (Å²) < 4.78 is 0. The smallest absolute Gasteiger partial charge is 0.270 e. The van der Waals surface area contributed by atoms with Gasteiger partial charge in [0.1, 0.15) is 0 Å². The second kappa shape index (κ2) is 7.02. The number of nitrogens with zero attached hydrogens (tertiary/aromatic N) is 1. The summed E-state index contributed by atoms with van der Waals surface area (Å²) >= 11 is 6.04. The van der Waals surface area contributed by atoms with Gasteiger partial charge < -0.3 is 10.4 Å². The van der Waals surface area contributed by atoms with Crippen molar-refractivity contribution in [3.05, 3.63) is 38.9 Å². The number of non-ortho nitro benzene ring substituents is 1. The van der Waals surface area contributed by atoms with Crippen LogP contribution in [0.5, 0.6) is 0 Å². The third kappa shape index (κ3) is 4.16. The summed E-state index contributed by atoms with van der Waals surface area (Å²) in [6.45, 7) is 1.50. The third-order valence-corrected chi connectivity index (χ3v) is 4.16. The lowest BCUT2D eigenvalue weighted by Gasteiger charge is -2.25. The van der Waals surface area contributed by atoms with Gasteiger partial charge in [0.15, 0.2) is 0 Å². The SMILES string of the molecule is O=[N+]([O-])c1ccc(CNCC2CCC(O)CC2)c(Cl)c1. The summed E-state index contributed by atoms with van der Waals surface area (Å²) in [5.41, 5.74) is 0.883. The quantitative estimate of drug-likeness (QED) is 0.647. The molecule has 0 radical (unpaired) electrons. The van der Waals surface area contributed by atoms with E-state index in [0.717, 1.165) is 37.8 Å². The van der Waals surface area contributed by atoms with E-state index >= 15 is 0 Å². The summed E-state index contributed by atoms with van der Waals surface area (Å²) in [6.07, 6.45) is 3.72. The van der Waals surface area contributed by atoms with Gasteiger partial charge in [-0.15, -0.1) is 0 Å². The van der Waals surface area contributed by atoms with Crippen LogP contribution in [0.1, 0.15) is 31.2 Å². The molecule has 1 saturated carbocycles. The lowest BCUT2D eigenvalue weighted by Crippen LogP contribution is -2.27. The van der Waals surface area contributed by atoms with Gasteiger partial charge in [0, 0.05) is 18.7 Å². The molecule has 1 aliphatic rings. The number of benzene rings is 1. The fraction of sp³-hybridized carbons (Fsp3) is 0.571. The van der Waals surface area contributed by atoms with Crippen LogP contribution in [0.2, 0.25) is 5.02 Å². The summed E-state index contributed by atoms with van der Waals surface area (Å²) in [6, 6.07) is 4.55. The van der Waals surface area contributed by atoms with Gasteiger partial charge in [-0.05, 0) is 49.8 Å². The molecule has 1 aromatic carbocycles. The maximum absolute atomic E-state index is 10.6. The van der Waals surface area contributed by atoms with Crippen LogP contribution in [0.3, 0.4) is 0 Å². The minimum absolute atomic E-state index is 0.0139. The fourth-order valence-corrected chi connectivity index (χ4v) is 2.79. The third-order valence-electron chi connectivity index (χ3n) is 3.81. The number of nitro groups is 1. The monoisotopic (exact) mass is 298 g/mol. The van der Waals surface area contributed by atoms with E-state index < -0.39 is 4.92 Å². The van der Waals surface area contributed by atoms with Crippen molar-refractivity contribution in [3.63, 3.8) is 0 Å². The number of nitro benzene ring substituents is 1. The molecule has 110 valence electrons. The van der Waals surface area contributed by atoms with Crippen molar-refractivity contribution in [1.82, 2.24) is 5.32 Å². The average Bonchev–Trinajstić information content (AvgIpc) is 2.42. The highest BCUT2D eigenvalue weighted by Gasteiger charge is 2.19. The van der Waals surface area contributed by atoms with Gasteiger partial charge >= 0.3 is 0 Å². The maximum Gasteiger partial charge on any atom is 0.270 e. The Kier molecular flexibility index (Phi) is 5.34. The van der Waals surface area contributed by atoms with Gasteiger partial charge in [-0.1, -0.05) is 11.6 Å². The van der Waals surface area contributed by atoms with E-state index in [-0.39, 0.29) is 11.8 Å². The zero-order valence-corrected chi connectivity index (χ0v) is 12.0. The van der Waals surface area contributed by atoms with Crippen LogP contribution in [0, 0.1) is 16.0 Å². The van der Waals surface area contributed by atoms with Gasteiger partial charge in [-0.2, -0.15) is 0 Å². The first-order valence-corrected chi connectivity index (χ1v) is 7.25. The van der Waals surface area contributed by atoms with Crippen LogP contribution < -0.4 is 5.32 Å². The number of rotatable bonds is 5. The second-order valence-electron chi connectivity index (χ2n) is 5.34. The van der Waals surface area contributed by atoms with E-state index in [1.807, 2.05) is 0 Å². The van der Waals surface area contributed by atoms with Crippen LogP contribution in [0.15, 0.2) is 18.2 Å². The topological polar surface area (TPSA) is 75.4 Å². The number of aliphatic hydroxyl groups excluding tert-OH is 1. The molecule has 1 fully saturated rings. The maximum atomic E-state index is 10.6. The second-order valence-corrected chi connectivity index (χ2v) is 5.75. The molecule has 20 heavy (non-hydrogen) atoms. The first-order chi connectivity index (χ1) is 9.56. The molecule has 0 unspecified atom stereocenters. The van der Waals surface area contributed by atoms with Gasteiger partial charge in [0.05, 0.1) is 16.0 Å². The van der Waals surface area contributed by atoms with E-state index in [9.17, 15) is 15.2 Å². The van der Waals surface area contributed by atoms with Crippen molar-refractivity contribution < 1.29 is 10.0 Å². The molecular formula is C14H19ClN2O3. The first kappa shape index (κ1) is 15.2. The average molecular weight is 299 g/mol. The Labute approximate surface area is 123 Å². The van der Waals surface area contributed by atoms with Crippen molar-refractivity contribution >= 4 is 17.3 Å². The minimum atomic E-state index is -0.448. The molecule has 0 amide bonds. The van der Waals surface area contributed by atoms with E-state index in [1.165, 1.54) is 12.1 Å². The standard InChI is InChI=1S/C14H19ClN2O3/c15-14-7-12(17(19)20)4-3-11(14)9-16-8-10-1-5-13(18)6-2-10/h3-4,7,10,13,16,18H,1-2,5-6,8-9H2. The van der Waals surface area contributed by atoms with Gasteiger partial charge in [-0.3, -0.25) is 10.1 Å². The number of hydrogen-bond donors (Lipinski definition) is 2. The van der Waals surface area contributed by atoms with Gasteiger partial charge in [0.25, 0.3) is 5.69 Å². The molecule has 0 atom stereocenters. The van der Waals surface area contributed by atoms with E-state index in [0.29, 0.717) is 17.5 Å². The summed E-state index contributed by atoms with van der Waals surface area (Å²) in [5.74, 6) is 0.593. The molecule has 0 heterocycles. The fourth-order valence-electron chi connectivity index (χ4n) is 2.55. The van der Waals surface area contributed by atoms with Crippen LogP contribution in [0.25, 0.3) is 0 Å². The molecule has 2 rings (SSSR count). The van der Waals surface area contributed by atoms with Crippen LogP contribution in [-0.4, -0.2) is 22.7 Å². The van der Waals surface area contributed by atoms with Crippen LogP contribution in [-0.2, 0) is 6.54 Å². The zero-order valence-electron chi connectivity index (χ0n) is 11.2. The van der Waals surface area contributed by atoms with E-state index in [2.05, 4.69) is 5.32 Å². The van der Waals surface area contributed by atoms with Crippen molar-refractivity contribution in [3.8, 4) is 0 Å². The number of halogens is 1. The van der Waals surface area contributed by atoms with Crippen molar-refractivity contribution in [1.29, 1.82) is 0 Å². The highest BCUT2D eigenvalue weighted by atomic mass is 35.5. The Balaban J connectivity index is 1.81. The predicted octanol–water partition coefficient (Wildman–Crippen LogP) is 2.89. The van der Waals surface area contributed by atoms with Crippen LogP contribution in [0.4, 0.5) is 5.69 Å². The molecular weight excluding hydrogens is 280 g/mol. The Morgan fingerprint density at radius 1 is 1.35 bits per heavy atom. The van der Waals surface area contributed by atoms with E-state index in [1.54, 1.807) is 6.07 Å².